The first-order valence-electron chi connectivity index (χ1n) is 10.1. The van der Waals surface area contributed by atoms with Crippen LogP contribution in [-0.4, -0.2) is 24.9 Å². The molecule has 2 aromatic carbocycles. The molecule has 0 N–H and O–H groups in total. The molecule has 0 spiro atoms. The van der Waals surface area contributed by atoms with E-state index in [0.717, 1.165) is 24.7 Å². The molecule has 2 aromatic rings. The molecule has 0 aliphatic heterocycles. The van der Waals surface area contributed by atoms with Crippen molar-refractivity contribution in [1.82, 2.24) is 0 Å². The molecule has 0 fully saturated rings. The van der Waals surface area contributed by atoms with Gasteiger partial charge in [-0.25, -0.2) is 0 Å². The largest absolute Gasteiger partial charge is 0.399 e. The third-order valence-corrected chi connectivity index (χ3v) is 3.98. The van der Waals surface area contributed by atoms with Crippen LogP contribution in [-0.2, 0) is 9.63 Å². The van der Waals surface area contributed by atoms with Crippen molar-refractivity contribution in [2.75, 3.05) is 7.11 Å². The molecule has 0 unspecified atom stereocenters. The van der Waals surface area contributed by atoms with Crippen LogP contribution in [0.3, 0.4) is 0 Å². The van der Waals surface area contributed by atoms with Gasteiger partial charge in [-0.2, -0.15) is 0 Å². The molecule has 4 heteroatoms. The highest BCUT2D eigenvalue weighted by Crippen LogP contribution is 2.10. The Morgan fingerprint density at radius 3 is 1.93 bits per heavy atom. The molecule has 2 rings (SSSR count). The second kappa shape index (κ2) is 17.4. The SMILES string of the molecule is CC=O.CCCCCC/C(=N\OC)C(=O)c1ccc(C)cc1.Cc1ccccc1. The number of ketones is 1. The lowest BCUT2D eigenvalue weighted by Crippen LogP contribution is -2.15. The van der Waals surface area contributed by atoms with Gasteiger partial charge in [-0.05, 0) is 33.6 Å². The summed E-state index contributed by atoms with van der Waals surface area (Å²) in [6.45, 7) is 7.70. The third kappa shape index (κ3) is 13.1. The zero-order valence-corrected chi connectivity index (χ0v) is 18.5. The fraction of sp³-hybridized carbons (Fsp3) is 0.400. The quantitative estimate of drug-likeness (QED) is 0.171. The van der Waals surface area contributed by atoms with Gasteiger partial charge < -0.3 is 9.63 Å². The van der Waals surface area contributed by atoms with Crippen molar-refractivity contribution in [3.05, 3.63) is 71.3 Å². The average molecular weight is 398 g/mol. The summed E-state index contributed by atoms with van der Waals surface area (Å²) >= 11 is 0. The number of carbonyl (C=O) groups excluding carboxylic acids is 2. The maximum absolute atomic E-state index is 12.3. The van der Waals surface area contributed by atoms with Gasteiger partial charge >= 0.3 is 0 Å². The Hall–Kier alpha value is -2.75. The standard InChI is InChI=1S/C16H23NO2.C7H8.C2H4O/c1-4-5-6-7-8-15(17-19-3)16(18)14-11-9-13(2)10-12-14;1-7-5-3-2-4-6-7;1-2-3/h9-12H,4-8H2,1-3H3;2-6H,1H3;2H,1H3/b17-15+;;. The molecule has 0 saturated carbocycles. The Morgan fingerprint density at radius 2 is 1.48 bits per heavy atom. The van der Waals surface area contributed by atoms with Crippen molar-refractivity contribution in [2.24, 2.45) is 5.16 Å². The van der Waals surface area contributed by atoms with Crippen LogP contribution in [0.5, 0.6) is 0 Å². The monoisotopic (exact) mass is 397 g/mol. The summed E-state index contributed by atoms with van der Waals surface area (Å²) in [6, 6.07) is 17.8. The zero-order valence-electron chi connectivity index (χ0n) is 18.5. The van der Waals surface area contributed by atoms with Crippen molar-refractivity contribution in [3.8, 4) is 0 Å². The van der Waals surface area contributed by atoms with Gasteiger partial charge in [-0.1, -0.05) is 97.1 Å². The molecule has 158 valence electrons. The topological polar surface area (TPSA) is 55.7 Å². The highest BCUT2D eigenvalue weighted by molar-refractivity contribution is 6.45. The fourth-order valence-corrected chi connectivity index (χ4v) is 2.44. The van der Waals surface area contributed by atoms with Crippen LogP contribution >= 0.6 is 0 Å². The first-order chi connectivity index (χ1) is 14.0. The number of Topliss-reactive ketones (excluding diaryl/α,β-unsaturated/α-hetero) is 1. The van der Waals surface area contributed by atoms with Gasteiger partial charge in [0, 0.05) is 5.56 Å². The molecule has 0 aromatic heterocycles. The fourth-order valence-electron chi connectivity index (χ4n) is 2.44. The summed E-state index contributed by atoms with van der Waals surface area (Å²) in [5.74, 6) is -0.0293. The number of oxime groups is 1. The van der Waals surface area contributed by atoms with E-state index < -0.39 is 0 Å². The molecule has 0 atom stereocenters. The van der Waals surface area contributed by atoms with E-state index in [-0.39, 0.29) is 5.78 Å². The van der Waals surface area contributed by atoms with Gasteiger partial charge in [0.1, 0.15) is 19.1 Å². The molecule has 0 aliphatic carbocycles. The third-order valence-electron chi connectivity index (χ3n) is 3.98. The number of benzene rings is 2. The number of aryl methyl sites for hydroxylation is 2. The lowest BCUT2D eigenvalue weighted by molar-refractivity contribution is -0.106. The van der Waals surface area contributed by atoms with E-state index >= 15 is 0 Å². The van der Waals surface area contributed by atoms with Crippen molar-refractivity contribution < 1.29 is 14.4 Å². The molecule has 0 bridgehead atoms. The van der Waals surface area contributed by atoms with Crippen molar-refractivity contribution >= 4 is 17.8 Å². The van der Waals surface area contributed by atoms with Gasteiger partial charge in [0.05, 0.1) is 0 Å². The minimum absolute atomic E-state index is 0.0293. The van der Waals surface area contributed by atoms with Crippen LogP contribution in [0.4, 0.5) is 0 Å². The minimum Gasteiger partial charge on any atom is -0.399 e. The van der Waals surface area contributed by atoms with Crippen LogP contribution in [0.1, 0.15) is 67.4 Å². The Balaban J connectivity index is 0.000000643. The second-order valence-corrected chi connectivity index (χ2v) is 6.62. The lowest BCUT2D eigenvalue weighted by Gasteiger charge is -2.05. The van der Waals surface area contributed by atoms with Crippen LogP contribution in [0.15, 0.2) is 59.8 Å². The highest BCUT2D eigenvalue weighted by Gasteiger charge is 2.14. The summed E-state index contributed by atoms with van der Waals surface area (Å²) < 4.78 is 0. The summed E-state index contributed by atoms with van der Waals surface area (Å²) in [5.41, 5.74) is 3.66. The van der Waals surface area contributed by atoms with E-state index in [1.807, 2.05) is 49.4 Å². The molecule has 0 heterocycles. The van der Waals surface area contributed by atoms with Crippen LogP contribution < -0.4 is 0 Å². The number of unbranched alkanes of at least 4 members (excludes halogenated alkanes) is 3. The predicted octanol–water partition coefficient (Wildman–Crippen LogP) is 6.35. The normalized spacial score (nSPS) is 10.0. The smallest absolute Gasteiger partial charge is 0.210 e. The van der Waals surface area contributed by atoms with Crippen molar-refractivity contribution in [1.29, 1.82) is 0 Å². The summed E-state index contributed by atoms with van der Waals surface area (Å²) in [4.78, 5) is 25.9. The van der Waals surface area contributed by atoms with Crippen molar-refractivity contribution in [3.63, 3.8) is 0 Å². The van der Waals surface area contributed by atoms with E-state index in [9.17, 15) is 4.79 Å². The molecule has 0 aliphatic rings. The first kappa shape index (κ1) is 26.2. The zero-order chi connectivity index (χ0) is 21.9. The average Bonchev–Trinajstić information content (AvgIpc) is 2.72. The maximum Gasteiger partial charge on any atom is 0.210 e. The molecule has 4 nitrogen and oxygen atoms in total. The van der Waals surface area contributed by atoms with E-state index in [1.165, 1.54) is 32.4 Å². The Bertz CT molecular complexity index is 707. The van der Waals surface area contributed by atoms with Crippen LogP contribution in [0.2, 0.25) is 0 Å². The number of aldehydes is 1. The number of hydrogen-bond donors (Lipinski definition) is 0. The van der Waals surface area contributed by atoms with Gasteiger partial charge in [0.15, 0.2) is 0 Å². The van der Waals surface area contributed by atoms with E-state index in [1.54, 1.807) is 0 Å². The Labute approximate surface area is 176 Å². The molecule has 0 amide bonds. The summed E-state index contributed by atoms with van der Waals surface area (Å²) in [5, 5.41) is 3.89. The number of rotatable bonds is 8. The van der Waals surface area contributed by atoms with Gasteiger partial charge in [-0.15, -0.1) is 0 Å². The van der Waals surface area contributed by atoms with Gasteiger partial charge in [-0.3, -0.25) is 4.79 Å². The van der Waals surface area contributed by atoms with E-state index in [2.05, 4.69) is 31.1 Å². The van der Waals surface area contributed by atoms with Crippen LogP contribution in [0.25, 0.3) is 0 Å². The highest BCUT2D eigenvalue weighted by atomic mass is 16.6. The Morgan fingerprint density at radius 1 is 0.931 bits per heavy atom. The van der Waals surface area contributed by atoms with E-state index in [4.69, 9.17) is 9.63 Å². The van der Waals surface area contributed by atoms with E-state index in [0.29, 0.717) is 17.7 Å². The lowest BCUT2D eigenvalue weighted by atomic mass is 10.0. The maximum atomic E-state index is 12.3. The Kier molecular flexibility index (Phi) is 15.7. The molecule has 0 saturated heterocycles. The first-order valence-corrected chi connectivity index (χ1v) is 10.1. The molecular formula is C25H35NO3. The number of carbonyl (C=O) groups is 2. The summed E-state index contributed by atoms with van der Waals surface area (Å²) in [7, 11) is 1.48. The second-order valence-electron chi connectivity index (χ2n) is 6.62. The predicted molar refractivity (Wildman–Crippen MR) is 122 cm³/mol. The molecule has 29 heavy (non-hydrogen) atoms. The van der Waals surface area contributed by atoms with Crippen molar-refractivity contribution in [2.45, 2.75) is 59.8 Å². The summed E-state index contributed by atoms with van der Waals surface area (Å²) in [6.07, 6.45) is 5.91. The number of nitrogens with zero attached hydrogens (tertiary/aromatic N) is 1. The van der Waals surface area contributed by atoms with Gasteiger partial charge in [0.2, 0.25) is 5.78 Å². The number of hydrogen-bond acceptors (Lipinski definition) is 4. The van der Waals surface area contributed by atoms with Crippen LogP contribution in [0, 0.1) is 13.8 Å². The molecular weight excluding hydrogens is 362 g/mol. The minimum atomic E-state index is -0.0293. The van der Waals surface area contributed by atoms with Gasteiger partial charge in [0.25, 0.3) is 0 Å². The molecule has 0 radical (unpaired) electrons.